The van der Waals surface area contributed by atoms with Gasteiger partial charge in [0.2, 0.25) is 0 Å². The number of thiophene rings is 1. The second-order valence-electron chi connectivity index (χ2n) is 3.73. The molecule has 2 aromatic rings. The summed E-state index contributed by atoms with van der Waals surface area (Å²) in [5.41, 5.74) is 0. The van der Waals surface area contributed by atoms with E-state index in [0.29, 0.717) is 12.2 Å². The van der Waals surface area contributed by atoms with Gasteiger partial charge in [0.1, 0.15) is 5.78 Å². The van der Waals surface area contributed by atoms with E-state index in [1.54, 1.807) is 11.3 Å². The van der Waals surface area contributed by atoms with Gasteiger partial charge >= 0.3 is 0 Å². The first-order valence-electron chi connectivity index (χ1n) is 5.23. The smallest absolute Gasteiger partial charge is 0.140 e. The van der Waals surface area contributed by atoms with Gasteiger partial charge in [0.25, 0.3) is 0 Å². The Hall–Kier alpha value is -1.15. The zero-order chi connectivity index (χ0) is 10.8. The SMILES string of the molecule is CCC(=O)C(C)c1cc2ccccc2s1. The first-order chi connectivity index (χ1) is 7.22. The molecule has 2 heteroatoms. The number of hydrogen-bond donors (Lipinski definition) is 0. The Kier molecular flexibility index (Phi) is 2.87. The van der Waals surface area contributed by atoms with E-state index in [1.165, 1.54) is 15.0 Å². The second-order valence-corrected chi connectivity index (χ2v) is 4.84. The predicted octanol–water partition coefficient (Wildman–Crippen LogP) is 3.98. The third-order valence-electron chi connectivity index (χ3n) is 2.70. The Bertz CT molecular complexity index is 451. The minimum atomic E-state index is 0.0485. The highest BCUT2D eigenvalue weighted by atomic mass is 32.1. The van der Waals surface area contributed by atoms with Crippen molar-refractivity contribution < 1.29 is 4.79 Å². The van der Waals surface area contributed by atoms with Gasteiger partial charge in [-0.15, -0.1) is 11.3 Å². The van der Waals surface area contributed by atoms with Gasteiger partial charge in [0, 0.05) is 21.9 Å². The Balaban J connectivity index is 2.40. The molecule has 0 fully saturated rings. The molecule has 2 rings (SSSR count). The molecule has 0 bridgehead atoms. The van der Waals surface area contributed by atoms with Gasteiger partial charge in [-0.05, 0) is 17.5 Å². The quantitative estimate of drug-likeness (QED) is 0.761. The van der Waals surface area contributed by atoms with Gasteiger partial charge < -0.3 is 0 Å². The topological polar surface area (TPSA) is 17.1 Å². The molecular formula is C13H14OS. The van der Waals surface area contributed by atoms with Gasteiger partial charge in [0.15, 0.2) is 0 Å². The third kappa shape index (κ3) is 1.95. The average molecular weight is 218 g/mol. The summed E-state index contributed by atoms with van der Waals surface area (Å²) in [5, 5.41) is 1.24. The summed E-state index contributed by atoms with van der Waals surface area (Å²) in [6, 6.07) is 10.4. The van der Waals surface area contributed by atoms with Crippen molar-refractivity contribution in [3.05, 3.63) is 35.2 Å². The van der Waals surface area contributed by atoms with Crippen LogP contribution in [0.1, 0.15) is 31.1 Å². The lowest BCUT2D eigenvalue weighted by molar-refractivity contribution is -0.119. The Morgan fingerprint density at radius 2 is 2.13 bits per heavy atom. The largest absolute Gasteiger partial charge is 0.299 e. The monoisotopic (exact) mass is 218 g/mol. The van der Waals surface area contributed by atoms with E-state index < -0.39 is 0 Å². The molecule has 0 saturated heterocycles. The van der Waals surface area contributed by atoms with Crippen LogP contribution in [0.3, 0.4) is 0 Å². The first kappa shape index (κ1) is 10.4. The number of benzene rings is 1. The van der Waals surface area contributed by atoms with Crippen molar-refractivity contribution in [3.63, 3.8) is 0 Å². The summed E-state index contributed by atoms with van der Waals surface area (Å²) in [6.45, 7) is 3.92. The van der Waals surface area contributed by atoms with Crippen LogP contribution in [0.25, 0.3) is 10.1 Å². The fraction of sp³-hybridized carbons (Fsp3) is 0.308. The van der Waals surface area contributed by atoms with Gasteiger partial charge in [-0.3, -0.25) is 4.79 Å². The minimum Gasteiger partial charge on any atom is -0.299 e. The number of ketones is 1. The highest BCUT2D eigenvalue weighted by Gasteiger charge is 2.15. The molecule has 1 nitrogen and oxygen atoms in total. The maximum atomic E-state index is 11.6. The zero-order valence-electron chi connectivity index (χ0n) is 8.99. The molecule has 1 aromatic heterocycles. The Labute approximate surface area is 93.7 Å². The van der Waals surface area contributed by atoms with E-state index >= 15 is 0 Å². The van der Waals surface area contributed by atoms with Crippen LogP contribution < -0.4 is 0 Å². The number of Topliss-reactive ketones (excluding diaryl/α,β-unsaturated/α-hetero) is 1. The fourth-order valence-electron chi connectivity index (χ4n) is 1.68. The van der Waals surface area contributed by atoms with Crippen molar-refractivity contribution in [2.24, 2.45) is 0 Å². The Morgan fingerprint density at radius 3 is 2.80 bits per heavy atom. The number of fused-ring (bicyclic) bond motifs is 1. The van der Waals surface area contributed by atoms with Crippen LogP contribution in [0.4, 0.5) is 0 Å². The molecular weight excluding hydrogens is 204 g/mol. The molecule has 1 heterocycles. The summed E-state index contributed by atoms with van der Waals surface area (Å²) in [7, 11) is 0. The summed E-state index contributed by atoms with van der Waals surface area (Å²) in [6.07, 6.45) is 0.620. The molecule has 15 heavy (non-hydrogen) atoms. The normalized spacial score (nSPS) is 12.9. The standard InChI is InChI=1S/C13H14OS/c1-3-11(14)9(2)13-8-10-6-4-5-7-12(10)15-13/h4-9H,3H2,1-2H3. The summed E-state index contributed by atoms with van der Waals surface area (Å²) >= 11 is 1.73. The molecule has 0 spiro atoms. The highest BCUT2D eigenvalue weighted by Crippen LogP contribution is 2.31. The summed E-state index contributed by atoms with van der Waals surface area (Å²) in [4.78, 5) is 12.8. The lowest BCUT2D eigenvalue weighted by atomic mass is 10.0. The molecule has 1 atom stereocenters. The van der Waals surface area contributed by atoms with Gasteiger partial charge in [0.05, 0.1) is 0 Å². The van der Waals surface area contributed by atoms with E-state index in [-0.39, 0.29) is 5.92 Å². The van der Waals surface area contributed by atoms with E-state index in [4.69, 9.17) is 0 Å². The van der Waals surface area contributed by atoms with E-state index in [2.05, 4.69) is 18.2 Å². The Morgan fingerprint density at radius 1 is 1.40 bits per heavy atom. The summed E-state index contributed by atoms with van der Waals surface area (Å²) in [5.74, 6) is 0.369. The highest BCUT2D eigenvalue weighted by molar-refractivity contribution is 7.19. The van der Waals surface area contributed by atoms with Crippen LogP contribution in [0.2, 0.25) is 0 Å². The van der Waals surface area contributed by atoms with E-state index in [0.717, 1.165) is 0 Å². The van der Waals surface area contributed by atoms with Crippen LogP contribution >= 0.6 is 11.3 Å². The van der Waals surface area contributed by atoms with Crippen molar-refractivity contribution in [3.8, 4) is 0 Å². The molecule has 0 amide bonds. The molecule has 1 aromatic carbocycles. The lowest BCUT2D eigenvalue weighted by Gasteiger charge is -2.04. The van der Waals surface area contributed by atoms with Crippen molar-refractivity contribution >= 4 is 27.2 Å². The first-order valence-corrected chi connectivity index (χ1v) is 6.05. The number of carbonyl (C=O) groups excluding carboxylic acids is 1. The molecule has 0 saturated carbocycles. The van der Waals surface area contributed by atoms with Crippen LogP contribution in [0.5, 0.6) is 0 Å². The number of carbonyl (C=O) groups is 1. The maximum Gasteiger partial charge on any atom is 0.140 e. The summed E-state index contributed by atoms with van der Waals surface area (Å²) < 4.78 is 1.27. The third-order valence-corrected chi connectivity index (χ3v) is 4.00. The number of rotatable bonds is 3. The van der Waals surface area contributed by atoms with Crippen LogP contribution in [-0.2, 0) is 4.79 Å². The maximum absolute atomic E-state index is 11.6. The van der Waals surface area contributed by atoms with Crippen LogP contribution in [0, 0.1) is 0 Å². The molecule has 78 valence electrons. The second kappa shape index (κ2) is 4.15. The van der Waals surface area contributed by atoms with Gasteiger partial charge in [-0.25, -0.2) is 0 Å². The van der Waals surface area contributed by atoms with Crippen molar-refractivity contribution in [2.75, 3.05) is 0 Å². The van der Waals surface area contributed by atoms with Crippen molar-refractivity contribution in [1.29, 1.82) is 0 Å². The molecule has 0 aliphatic rings. The van der Waals surface area contributed by atoms with Gasteiger partial charge in [-0.2, -0.15) is 0 Å². The average Bonchev–Trinajstić information content (AvgIpc) is 2.70. The van der Waals surface area contributed by atoms with Crippen molar-refractivity contribution in [2.45, 2.75) is 26.2 Å². The molecule has 0 radical (unpaired) electrons. The molecule has 0 aliphatic carbocycles. The van der Waals surface area contributed by atoms with E-state index in [9.17, 15) is 4.79 Å². The fourth-order valence-corrected chi connectivity index (χ4v) is 2.82. The minimum absolute atomic E-state index is 0.0485. The zero-order valence-corrected chi connectivity index (χ0v) is 9.80. The molecule has 0 aliphatic heterocycles. The lowest BCUT2D eigenvalue weighted by Crippen LogP contribution is -2.05. The molecule has 1 unspecified atom stereocenters. The van der Waals surface area contributed by atoms with Crippen LogP contribution in [0.15, 0.2) is 30.3 Å². The van der Waals surface area contributed by atoms with E-state index in [1.807, 2.05) is 26.0 Å². The van der Waals surface area contributed by atoms with Crippen LogP contribution in [-0.4, -0.2) is 5.78 Å². The number of hydrogen-bond acceptors (Lipinski definition) is 2. The van der Waals surface area contributed by atoms with Crippen molar-refractivity contribution in [1.82, 2.24) is 0 Å². The molecule has 0 N–H and O–H groups in total. The van der Waals surface area contributed by atoms with Gasteiger partial charge in [-0.1, -0.05) is 32.0 Å². The predicted molar refractivity (Wildman–Crippen MR) is 65.5 cm³/mol.